The molecule has 0 aliphatic carbocycles. The number of aromatic nitrogens is 1. The minimum Gasteiger partial charge on any atom is -0.463 e. The van der Waals surface area contributed by atoms with Crippen LogP contribution < -0.4 is 16.4 Å². The summed E-state index contributed by atoms with van der Waals surface area (Å²) in [5, 5.41) is 6.55. The number of benzene rings is 2. The molecule has 39 heavy (non-hydrogen) atoms. The molecule has 0 unspecified atom stereocenters. The summed E-state index contributed by atoms with van der Waals surface area (Å²) in [4.78, 5) is 43.1. The Kier molecular flexibility index (Phi) is 10.9. The van der Waals surface area contributed by atoms with E-state index in [0.717, 1.165) is 5.39 Å². The summed E-state index contributed by atoms with van der Waals surface area (Å²) in [6.45, 7) is 0.381. The van der Waals surface area contributed by atoms with Crippen molar-refractivity contribution in [3.8, 4) is 0 Å². The standard InChI is InChI=1S/C27H30ClF2N5O4/c1-35(27(38)34-15-18-3-2-4-23(30)26(18)28)22(7-8-24(36)32-10-9-31)16-39-25(37)13-21-12-19-11-20(29)6-5-17(19)14-33-21/h2-6,11-12,14,22H,7-10,13,15-16,31H2,1H3,(H,32,36)(H,34,38)/t22-/m0/s1. The van der Waals surface area contributed by atoms with E-state index in [9.17, 15) is 23.2 Å². The lowest BCUT2D eigenvalue weighted by Gasteiger charge is -2.28. The fourth-order valence-electron chi connectivity index (χ4n) is 3.77. The molecule has 1 heterocycles. The molecule has 3 amide bonds. The molecule has 208 valence electrons. The van der Waals surface area contributed by atoms with E-state index in [0.29, 0.717) is 23.2 Å². The summed E-state index contributed by atoms with van der Waals surface area (Å²) >= 11 is 5.96. The van der Waals surface area contributed by atoms with Crippen LogP contribution in [-0.2, 0) is 27.3 Å². The molecule has 2 aromatic carbocycles. The van der Waals surface area contributed by atoms with E-state index in [4.69, 9.17) is 22.1 Å². The van der Waals surface area contributed by atoms with Gasteiger partial charge in [0.1, 0.15) is 18.2 Å². The normalized spacial score (nSPS) is 11.6. The van der Waals surface area contributed by atoms with Crippen molar-refractivity contribution in [3.63, 3.8) is 0 Å². The molecule has 1 atom stereocenters. The third-order valence-corrected chi connectivity index (χ3v) is 6.43. The number of nitrogens with two attached hydrogens (primary N) is 1. The van der Waals surface area contributed by atoms with Gasteiger partial charge in [-0.3, -0.25) is 14.6 Å². The van der Waals surface area contributed by atoms with Crippen LogP contribution in [0.3, 0.4) is 0 Å². The Labute approximate surface area is 229 Å². The Hall–Kier alpha value is -3.83. The van der Waals surface area contributed by atoms with Crippen molar-refractivity contribution in [1.82, 2.24) is 20.5 Å². The second-order valence-corrected chi connectivity index (χ2v) is 9.22. The van der Waals surface area contributed by atoms with Gasteiger partial charge >= 0.3 is 12.0 Å². The second kappa shape index (κ2) is 14.4. The Balaban J connectivity index is 1.62. The molecule has 0 spiro atoms. The zero-order valence-electron chi connectivity index (χ0n) is 21.4. The molecule has 0 fully saturated rings. The molecule has 0 bridgehead atoms. The van der Waals surface area contributed by atoms with Crippen LogP contribution in [0.1, 0.15) is 24.1 Å². The number of nitrogens with zero attached hydrogens (tertiary/aromatic N) is 2. The quantitative estimate of drug-likeness (QED) is 0.291. The molecule has 0 aliphatic heterocycles. The van der Waals surface area contributed by atoms with Gasteiger partial charge in [0, 0.05) is 44.7 Å². The molecule has 0 saturated carbocycles. The number of fused-ring (bicyclic) bond motifs is 1. The Bertz CT molecular complexity index is 1330. The Morgan fingerprint density at radius 3 is 2.69 bits per heavy atom. The zero-order chi connectivity index (χ0) is 28.4. The third kappa shape index (κ3) is 8.86. The van der Waals surface area contributed by atoms with Crippen molar-refractivity contribution in [2.45, 2.75) is 31.8 Å². The smallest absolute Gasteiger partial charge is 0.317 e. The summed E-state index contributed by atoms with van der Waals surface area (Å²) in [5.74, 6) is -1.86. The SMILES string of the molecule is CN(C(=O)NCc1cccc(F)c1Cl)[C@@H](CCC(=O)NCCN)COC(=O)Cc1cc2cc(F)ccc2cn1. The molecular formula is C27H30ClF2N5O4. The van der Waals surface area contributed by atoms with Gasteiger partial charge in [-0.05, 0) is 47.7 Å². The third-order valence-electron chi connectivity index (χ3n) is 6.00. The maximum Gasteiger partial charge on any atom is 0.317 e. The predicted molar refractivity (Wildman–Crippen MR) is 143 cm³/mol. The van der Waals surface area contributed by atoms with Gasteiger partial charge in [-0.1, -0.05) is 23.7 Å². The monoisotopic (exact) mass is 561 g/mol. The number of amides is 3. The highest BCUT2D eigenvalue weighted by molar-refractivity contribution is 6.31. The van der Waals surface area contributed by atoms with Crippen LogP contribution in [0.5, 0.6) is 0 Å². The molecule has 3 rings (SSSR count). The summed E-state index contributed by atoms with van der Waals surface area (Å²) in [5.41, 5.74) is 6.21. The summed E-state index contributed by atoms with van der Waals surface area (Å²) in [6.07, 6.45) is 1.64. The van der Waals surface area contributed by atoms with Crippen molar-refractivity contribution >= 4 is 40.3 Å². The number of ether oxygens (including phenoxy) is 1. The van der Waals surface area contributed by atoms with E-state index < -0.39 is 29.7 Å². The van der Waals surface area contributed by atoms with E-state index >= 15 is 0 Å². The summed E-state index contributed by atoms with van der Waals surface area (Å²) < 4.78 is 32.7. The van der Waals surface area contributed by atoms with E-state index in [2.05, 4.69) is 15.6 Å². The molecular weight excluding hydrogens is 532 g/mol. The van der Waals surface area contributed by atoms with Crippen LogP contribution in [0, 0.1) is 11.6 Å². The average Bonchev–Trinajstić information content (AvgIpc) is 2.91. The molecule has 12 heteroatoms. The predicted octanol–water partition coefficient (Wildman–Crippen LogP) is 3.32. The molecule has 0 aliphatic rings. The number of rotatable bonds is 12. The largest absolute Gasteiger partial charge is 0.463 e. The first-order valence-electron chi connectivity index (χ1n) is 12.3. The number of hydrogen-bond donors (Lipinski definition) is 3. The lowest BCUT2D eigenvalue weighted by molar-refractivity contribution is -0.144. The zero-order valence-corrected chi connectivity index (χ0v) is 22.1. The number of halogens is 3. The highest BCUT2D eigenvalue weighted by Gasteiger charge is 2.23. The van der Waals surface area contributed by atoms with Crippen molar-refractivity contribution < 1.29 is 27.9 Å². The van der Waals surface area contributed by atoms with Crippen LogP contribution in [0.15, 0.2) is 48.7 Å². The summed E-state index contributed by atoms with van der Waals surface area (Å²) in [6, 6.07) is 8.97. The van der Waals surface area contributed by atoms with Gasteiger partial charge in [0.05, 0.1) is 23.2 Å². The fourth-order valence-corrected chi connectivity index (χ4v) is 3.97. The number of carbonyl (C=O) groups excluding carboxylic acids is 3. The molecule has 1 aromatic heterocycles. The van der Waals surface area contributed by atoms with E-state index in [1.807, 2.05) is 0 Å². The lowest BCUT2D eigenvalue weighted by Crippen LogP contribution is -2.46. The Morgan fingerprint density at radius 1 is 1.13 bits per heavy atom. The van der Waals surface area contributed by atoms with Gasteiger partial charge in [-0.15, -0.1) is 0 Å². The second-order valence-electron chi connectivity index (χ2n) is 8.84. The van der Waals surface area contributed by atoms with Gasteiger partial charge in [-0.2, -0.15) is 0 Å². The van der Waals surface area contributed by atoms with E-state index in [1.165, 1.54) is 36.2 Å². The van der Waals surface area contributed by atoms with Crippen LogP contribution in [0.4, 0.5) is 13.6 Å². The van der Waals surface area contributed by atoms with Gasteiger partial charge < -0.3 is 26.0 Å². The first-order valence-corrected chi connectivity index (χ1v) is 12.7. The highest BCUT2D eigenvalue weighted by Crippen LogP contribution is 2.20. The van der Waals surface area contributed by atoms with Crippen LogP contribution >= 0.6 is 11.6 Å². The van der Waals surface area contributed by atoms with E-state index in [-0.39, 0.29) is 49.9 Å². The number of pyridine rings is 1. The summed E-state index contributed by atoms with van der Waals surface area (Å²) in [7, 11) is 1.50. The van der Waals surface area contributed by atoms with Crippen molar-refractivity contribution in [3.05, 3.63) is 76.6 Å². The maximum absolute atomic E-state index is 13.7. The molecule has 0 saturated heterocycles. The lowest BCUT2D eigenvalue weighted by atomic mass is 10.1. The molecule has 4 N–H and O–H groups in total. The van der Waals surface area contributed by atoms with E-state index in [1.54, 1.807) is 24.4 Å². The molecule has 9 nitrogen and oxygen atoms in total. The topological polar surface area (TPSA) is 127 Å². The van der Waals surface area contributed by atoms with Crippen molar-refractivity contribution in [2.24, 2.45) is 5.73 Å². The first-order chi connectivity index (χ1) is 18.7. The van der Waals surface area contributed by atoms with Gasteiger partial charge in [0.25, 0.3) is 0 Å². The number of urea groups is 1. The average molecular weight is 562 g/mol. The van der Waals surface area contributed by atoms with Crippen molar-refractivity contribution in [2.75, 3.05) is 26.7 Å². The minimum absolute atomic E-state index is 0.0303. The number of likely N-dealkylation sites (N-methyl/N-ethyl adjacent to an activating group) is 1. The maximum atomic E-state index is 13.7. The van der Waals surface area contributed by atoms with Crippen molar-refractivity contribution in [1.29, 1.82) is 0 Å². The van der Waals surface area contributed by atoms with Crippen LogP contribution in [-0.4, -0.2) is 60.6 Å². The molecule has 3 aromatic rings. The van der Waals surface area contributed by atoms with Crippen LogP contribution in [0.25, 0.3) is 10.8 Å². The number of carbonyl (C=O) groups is 3. The van der Waals surface area contributed by atoms with Gasteiger partial charge in [-0.25, -0.2) is 13.6 Å². The first kappa shape index (κ1) is 29.7. The number of nitrogens with one attached hydrogen (secondary N) is 2. The minimum atomic E-state index is -0.654. The number of hydrogen-bond acceptors (Lipinski definition) is 6. The molecule has 0 radical (unpaired) electrons. The Morgan fingerprint density at radius 2 is 1.92 bits per heavy atom. The van der Waals surface area contributed by atoms with Gasteiger partial charge in [0.15, 0.2) is 0 Å². The fraction of sp³-hybridized carbons (Fsp3) is 0.333. The highest BCUT2D eigenvalue weighted by atomic mass is 35.5. The number of esters is 1. The van der Waals surface area contributed by atoms with Gasteiger partial charge in [0.2, 0.25) is 5.91 Å². The van der Waals surface area contributed by atoms with Crippen LogP contribution in [0.2, 0.25) is 5.02 Å².